The highest BCUT2D eigenvalue weighted by Gasteiger charge is 2.09. The fourth-order valence-corrected chi connectivity index (χ4v) is 1.15. The van der Waals surface area contributed by atoms with E-state index >= 15 is 0 Å². The summed E-state index contributed by atoms with van der Waals surface area (Å²) in [6.45, 7) is 3.58. The van der Waals surface area contributed by atoms with Gasteiger partial charge in [-0.2, -0.15) is 5.26 Å². The monoisotopic (exact) mass is 203 g/mol. The van der Waals surface area contributed by atoms with Crippen LogP contribution in [0, 0.1) is 18.3 Å². The molecule has 0 bridgehead atoms. The number of carbonyl (C=O) groups excluding carboxylic acids is 1. The lowest BCUT2D eigenvalue weighted by Gasteiger charge is -2.13. The lowest BCUT2D eigenvalue weighted by molar-refractivity contribution is -0.118. The summed E-state index contributed by atoms with van der Waals surface area (Å²) in [7, 11) is 0. The van der Waals surface area contributed by atoms with Crippen molar-refractivity contribution in [1.82, 2.24) is 0 Å². The van der Waals surface area contributed by atoms with Gasteiger partial charge in [-0.05, 0) is 31.5 Å². The van der Waals surface area contributed by atoms with Crippen molar-refractivity contribution in [2.75, 3.05) is 5.32 Å². The first-order valence-electron chi connectivity index (χ1n) is 4.61. The lowest BCUT2D eigenvalue weighted by Crippen LogP contribution is -2.32. The molecule has 1 atom stereocenters. The standard InChI is InChI=1S/C11H13N3O/c1-7-3-4-9(6-12)5-10(7)14-8(2)11(13)15/h3-5,8,14H,1-2H3,(H2,13,15). The number of hydrogen-bond acceptors (Lipinski definition) is 3. The molecule has 1 aromatic rings. The second kappa shape index (κ2) is 4.47. The van der Waals surface area contributed by atoms with Crippen LogP contribution < -0.4 is 11.1 Å². The first kappa shape index (κ1) is 11.1. The fraction of sp³-hybridized carbons (Fsp3) is 0.273. The second-order valence-electron chi connectivity index (χ2n) is 3.41. The Morgan fingerprint density at radius 2 is 2.27 bits per heavy atom. The summed E-state index contributed by atoms with van der Waals surface area (Å²) in [5.41, 5.74) is 7.43. The van der Waals surface area contributed by atoms with Crippen molar-refractivity contribution in [1.29, 1.82) is 5.26 Å². The van der Waals surface area contributed by atoms with Crippen LogP contribution in [-0.2, 0) is 4.79 Å². The van der Waals surface area contributed by atoms with Crippen molar-refractivity contribution in [3.8, 4) is 6.07 Å². The Bertz CT molecular complexity index is 420. The number of anilines is 1. The molecule has 1 aromatic carbocycles. The average molecular weight is 203 g/mol. The smallest absolute Gasteiger partial charge is 0.239 e. The molecular formula is C11H13N3O. The molecule has 4 heteroatoms. The van der Waals surface area contributed by atoms with Crippen LogP contribution in [0.4, 0.5) is 5.69 Å². The molecule has 0 saturated carbocycles. The minimum Gasteiger partial charge on any atom is -0.374 e. The maximum atomic E-state index is 10.9. The topological polar surface area (TPSA) is 78.9 Å². The van der Waals surface area contributed by atoms with E-state index in [9.17, 15) is 4.79 Å². The number of nitrogens with one attached hydrogen (secondary N) is 1. The van der Waals surface area contributed by atoms with E-state index in [1.807, 2.05) is 19.1 Å². The van der Waals surface area contributed by atoms with Gasteiger partial charge in [-0.1, -0.05) is 6.07 Å². The molecule has 0 aliphatic heterocycles. The van der Waals surface area contributed by atoms with Gasteiger partial charge in [-0.25, -0.2) is 0 Å². The van der Waals surface area contributed by atoms with Crippen LogP contribution in [0.2, 0.25) is 0 Å². The van der Waals surface area contributed by atoms with Crippen LogP contribution in [0.15, 0.2) is 18.2 Å². The third kappa shape index (κ3) is 2.71. The van der Waals surface area contributed by atoms with E-state index < -0.39 is 11.9 Å². The van der Waals surface area contributed by atoms with Gasteiger partial charge < -0.3 is 11.1 Å². The van der Waals surface area contributed by atoms with Gasteiger partial charge >= 0.3 is 0 Å². The molecule has 0 saturated heterocycles. The molecule has 1 unspecified atom stereocenters. The van der Waals surface area contributed by atoms with Gasteiger partial charge in [0.2, 0.25) is 5.91 Å². The first-order chi connectivity index (χ1) is 7.04. The van der Waals surface area contributed by atoms with E-state index in [1.54, 1.807) is 19.1 Å². The summed E-state index contributed by atoms with van der Waals surface area (Å²) in [6, 6.07) is 6.86. The molecule has 0 radical (unpaired) electrons. The number of nitriles is 1. The molecule has 0 fully saturated rings. The zero-order valence-electron chi connectivity index (χ0n) is 8.74. The van der Waals surface area contributed by atoms with Crippen LogP contribution in [0.25, 0.3) is 0 Å². The number of hydrogen-bond donors (Lipinski definition) is 2. The first-order valence-corrected chi connectivity index (χ1v) is 4.61. The van der Waals surface area contributed by atoms with Gasteiger partial charge in [0.15, 0.2) is 0 Å². The Labute approximate surface area is 88.7 Å². The Morgan fingerprint density at radius 3 is 2.80 bits per heavy atom. The summed E-state index contributed by atoms with van der Waals surface area (Å²) < 4.78 is 0. The van der Waals surface area contributed by atoms with Gasteiger partial charge in [0, 0.05) is 5.69 Å². The zero-order valence-corrected chi connectivity index (χ0v) is 8.74. The highest BCUT2D eigenvalue weighted by atomic mass is 16.1. The molecule has 1 rings (SSSR count). The van der Waals surface area contributed by atoms with Crippen LogP contribution in [0.1, 0.15) is 18.1 Å². The van der Waals surface area contributed by atoms with Crippen molar-refractivity contribution >= 4 is 11.6 Å². The second-order valence-corrected chi connectivity index (χ2v) is 3.41. The minimum absolute atomic E-state index is 0.420. The van der Waals surface area contributed by atoms with Gasteiger partial charge in [-0.15, -0.1) is 0 Å². The minimum atomic E-state index is -0.447. The van der Waals surface area contributed by atoms with Crippen LogP contribution in [-0.4, -0.2) is 11.9 Å². The molecular weight excluding hydrogens is 190 g/mol. The number of nitrogens with two attached hydrogens (primary N) is 1. The highest BCUT2D eigenvalue weighted by Crippen LogP contribution is 2.17. The third-order valence-corrected chi connectivity index (χ3v) is 2.17. The number of benzene rings is 1. The SMILES string of the molecule is Cc1ccc(C#N)cc1NC(C)C(N)=O. The van der Waals surface area contributed by atoms with Crippen molar-refractivity contribution in [3.05, 3.63) is 29.3 Å². The van der Waals surface area contributed by atoms with Crippen molar-refractivity contribution in [2.45, 2.75) is 19.9 Å². The Balaban J connectivity index is 2.94. The van der Waals surface area contributed by atoms with Crippen molar-refractivity contribution in [2.24, 2.45) is 5.73 Å². The molecule has 0 heterocycles. The summed E-state index contributed by atoms with van der Waals surface area (Å²) in [5, 5.41) is 11.7. The number of nitrogens with zero attached hydrogens (tertiary/aromatic N) is 1. The molecule has 4 nitrogen and oxygen atoms in total. The number of aryl methyl sites for hydroxylation is 1. The van der Waals surface area contributed by atoms with Crippen LogP contribution in [0.5, 0.6) is 0 Å². The Kier molecular flexibility index (Phi) is 3.29. The quantitative estimate of drug-likeness (QED) is 0.773. The Hall–Kier alpha value is -2.02. The third-order valence-electron chi connectivity index (χ3n) is 2.17. The van der Waals surface area contributed by atoms with E-state index in [-0.39, 0.29) is 0 Å². The molecule has 0 aromatic heterocycles. The zero-order chi connectivity index (χ0) is 11.4. The summed E-state index contributed by atoms with van der Waals surface area (Å²) in [4.78, 5) is 10.9. The fourth-order valence-electron chi connectivity index (χ4n) is 1.15. The van der Waals surface area contributed by atoms with Gasteiger partial charge in [0.25, 0.3) is 0 Å². The van der Waals surface area contributed by atoms with Gasteiger partial charge in [0.05, 0.1) is 11.6 Å². The molecule has 0 spiro atoms. The van der Waals surface area contributed by atoms with Crippen molar-refractivity contribution in [3.63, 3.8) is 0 Å². The molecule has 1 amide bonds. The predicted molar refractivity (Wildman–Crippen MR) is 58.2 cm³/mol. The largest absolute Gasteiger partial charge is 0.374 e. The summed E-state index contributed by atoms with van der Waals surface area (Å²) >= 11 is 0. The normalized spacial score (nSPS) is 11.5. The Morgan fingerprint density at radius 1 is 1.60 bits per heavy atom. The summed E-state index contributed by atoms with van der Waals surface area (Å²) in [6.07, 6.45) is 0. The van der Waals surface area contributed by atoms with Gasteiger partial charge in [-0.3, -0.25) is 4.79 Å². The average Bonchev–Trinajstić information content (AvgIpc) is 2.21. The molecule has 0 aliphatic carbocycles. The van der Waals surface area contributed by atoms with E-state index in [2.05, 4.69) is 5.32 Å². The van der Waals surface area contributed by atoms with Crippen LogP contribution >= 0.6 is 0 Å². The number of rotatable bonds is 3. The molecule has 0 aliphatic rings. The van der Waals surface area contributed by atoms with Gasteiger partial charge in [0.1, 0.15) is 6.04 Å². The molecule has 3 N–H and O–H groups in total. The van der Waals surface area contributed by atoms with E-state index in [0.717, 1.165) is 11.3 Å². The van der Waals surface area contributed by atoms with E-state index in [0.29, 0.717) is 5.56 Å². The number of amides is 1. The van der Waals surface area contributed by atoms with E-state index in [4.69, 9.17) is 11.0 Å². The maximum absolute atomic E-state index is 10.9. The lowest BCUT2D eigenvalue weighted by atomic mass is 10.1. The van der Waals surface area contributed by atoms with Crippen molar-refractivity contribution < 1.29 is 4.79 Å². The van der Waals surface area contributed by atoms with E-state index in [1.165, 1.54) is 0 Å². The number of primary amides is 1. The maximum Gasteiger partial charge on any atom is 0.239 e. The van der Waals surface area contributed by atoms with Crippen LogP contribution in [0.3, 0.4) is 0 Å². The summed E-state index contributed by atoms with van der Waals surface area (Å²) in [5.74, 6) is -0.420. The molecule has 78 valence electrons. The highest BCUT2D eigenvalue weighted by molar-refractivity contribution is 5.82. The predicted octanol–water partition coefficient (Wildman–Crippen LogP) is 1.15. The molecule has 15 heavy (non-hydrogen) atoms. The number of carbonyl (C=O) groups is 1.